The average Bonchev–Trinajstić information content (AvgIpc) is 2.51. The van der Waals surface area contributed by atoms with E-state index in [0.717, 1.165) is 40.8 Å². The fraction of sp³-hybridized carbons (Fsp3) is 0.429. The van der Waals surface area contributed by atoms with Crippen molar-refractivity contribution >= 4 is 11.6 Å². The van der Waals surface area contributed by atoms with Gasteiger partial charge >= 0.3 is 0 Å². The number of anilines is 1. The van der Waals surface area contributed by atoms with Crippen LogP contribution in [0.2, 0.25) is 0 Å². The summed E-state index contributed by atoms with van der Waals surface area (Å²) in [7, 11) is 0. The van der Waals surface area contributed by atoms with E-state index in [4.69, 9.17) is 0 Å². The van der Waals surface area contributed by atoms with E-state index in [0.29, 0.717) is 17.8 Å². The van der Waals surface area contributed by atoms with Crippen molar-refractivity contribution in [2.24, 2.45) is 0 Å². The zero-order valence-corrected chi connectivity index (χ0v) is 16.1. The number of unbranched alkanes of at least 4 members (excludes halogenated alkanes) is 1. The molecule has 2 aromatic rings. The van der Waals surface area contributed by atoms with Crippen molar-refractivity contribution in [2.75, 3.05) is 5.32 Å². The molecule has 1 heterocycles. The number of carbonyl (C=O) groups excluding carboxylic acids is 1. The highest BCUT2D eigenvalue weighted by atomic mass is 16.2. The Hall–Kier alpha value is -2.36. The van der Waals surface area contributed by atoms with Crippen LogP contribution in [0.25, 0.3) is 0 Å². The van der Waals surface area contributed by atoms with Gasteiger partial charge in [0, 0.05) is 17.8 Å². The van der Waals surface area contributed by atoms with E-state index in [-0.39, 0.29) is 11.5 Å². The third-order valence-corrected chi connectivity index (χ3v) is 4.70. The van der Waals surface area contributed by atoms with E-state index in [9.17, 15) is 9.59 Å². The maximum absolute atomic E-state index is 12.8. The number of nitrogens with one attached hydrogen (secondary N) is 1. The van der Waals surface area contributed by atoms with Crippen LogP contribution in [0.4, 0.5) is 5.69 Å². The molecule has 0 unspecified atom stereocenters. The lowest BCUT2D eigenvalue weighted by atomic mass is 9.99. The number of hydrogen-bond donors (Lipinski definition) is 1. The zero-order chi connectivity index (χ0) is 18.7. The normalized spacial score (nSPS) is 10.8. The van der Waals surface area contributed by atoms with E-state index in [2.05, 4.69) is 12.2 Å². The summed E-state index contributed by atoms with van der Waals surface area (Å²) in [5.74, 6) is -0.225. The summed E-state index contributed by atoms with van der Waals surface area (Å²) in [6.07, 6.45) is 1.96. The van der Waals surface area contributed by atoms with Gasteiger partial charge in [0.05, 0.1) is 0 Å². The number of nitrogens with zero attached hydrogens (tertiary/aromatic N) is 1. The number of carbonyl (C=O) groups is 1. The Balaban J connectivity index is 2.42. The maximum Gasteiger partial charge on any atom is 0.274 e. The van der Waals surface area contributed by atoms with Crippen molar-refractivity contribution in [3.8, 4) is 0 Å². The summed E-state index contributed by atoms with van der Waals surface area (Å²) in [6, 6.07) is 5.75. The quantitative estimate of drug-likeness (QED) is 0.874. The van der Waals surface area contributed by atoms with Crippen LogP contribution in [0.15, 0.2) is 23.0 Å². The highest BCUT2D eigenvalue weighted by Crippen LogP contribution is 2.18. The molecule has 0 fully saturated rings. The van der Waals surface area contributed by atoms with Gasteiger partial charge in [-0.1, -0.05) is 31.0 Å². The van der Waals surface area contributed by atoms with E-state index >= 15 is 0 Å². The Kier molecular flexibility index (Phi) is 5.83. The Bertz CT molecular complexity index is 840. The number of hydrogen-bond acceptors (Lipinski definition) is 2. The average molecular weight is 340 g/mol. The number of rotatable bonds is 5. The predicted molar refractivity (Wildman–Crippen MR) is 104 cm³/mol. The molecule has 0 atom stereocenters. The summed E-state index contributed by atoms with van der Waals surface area (Å²) >= 11 is 0. The highest BCUT2D eigenvalue weighted by Gasteiger charge is 2.16. The van der Waals surface area contributed by atoms with Gasteiger partial charge in [-0.15, -0.1) is 0 Å². The Morgan fingerprint density at radius 2 is 1.60 bits per heavy atom. The topological polar surface area (TPSA) is 51.1 Å². The molecule has 0 aliphatic heterocycles. The van der Waals surface area contributed by atoms with Gasteiger partial charge in [-0.05, 0) is 63.8 Å². The molecule has 1 N–H and O–H groups in total. The molecule has 0 aliphatic rings. The molecular weight excluding hydrogens is 312 g/mol. The first kappa shape index (κ1) is 19.0. The second kappa shape index (κ2) is 7.68. The Morgan fingerprint density at radius 3 is 2.16 bits per heavy atom. The lowest BCUT2D eigenvalue weighted by Gasteiger charge is -2.16. The van der Waals surface area contributed by atoms with E-state index in [1.54, 1.807) is 10.6 Å². The Morgan fingerprint density at radius 1 is 1.00 bits per heavy atom. The zero-order valence-electron chi connectivity index (χ0n) is 16.1. The standard InChI is InChI=1S/C21H28N2O2/c1-7-8-9-23-17(6)14(3)12-18(21(23)25)22-20(24)19-15(4)10-13(2)11-16(19)5/h10-12H,7-9H2,1-6H3,(H,22,24). The highest BCUT2D eigenvalue weighted by molar-refractivity contribution is 6.06. The lowest BCUT2D eigenvalue weighted by Crippen LogP contribution is -2.28. The molecule has 2 rings (SSSR count). The van der Waals surface area contributed by atoms with Crippen LogP contribution in [0, 0.1) is 34.6 Å². The van der Waals surface area contributed by atoms with Crippen molar-refractivity contribution in [3.63, 3.8) is 0 Å². The number of benzene rings is 1. The summed E-state index contributed by atoms with van der Waals surface area (Å²) in [5, 5.41) is 2.84. The second-order valence-electron chi connectivity index (χ2n) is 6.86. The molecule has 0 aliphatic carbocycles. The van der Waals surface area contributed by atoms with Crippen LogP contribution in [-0.2, 0) is 6.54 Å². The third kappa shape index (κ3) is 4.01. The fourth-order valence-electron chi connectivity index (χ4n) is 3.29. The van der Waals surface area contributed by atoms with Gasteiger partial charge < -0.3 is 9.88 Å². The van der Waals surface area contributed by atoms with E-state index < -0.39 is 0 Å². The number of aryl methyl sites for hydroxylation is 4. The van der Waals surface area contributed by atoms with Crippen LogP contribution in [0.1, 0.15) is 58.1 Å². The third-order valence-electron chi connectivity index (χ3n) is 4.70. The van der Waals surface area contributed by atoms with Crippen LogP contribution < -0.4 is 10.9 Å². The first-order valence-electron chi connectivity index (χ1n) is 8.86. The molecular formula is C21H28N2O2. The molecule has 0 saturated heterocycles. The maximum atomic E-state index is 12.8. The van der Waals surface area contributed by atoms with E-state index in [1.165, 1.54) is 0 Å². The van der Waals surface area contributed by atoms with Crippen molar-refractivity contribution in [2.45, 2.75) is 60.9 Å². The van der Waals surface area contributed by atoms with Gasteiger partial charge in [0.1, 0.15) is 5.69 Å². The summed E-state index contributed by atoms with van der Waals surface area (Å²) in [6.45, 7) is 12.6. The van der Waals surface area contributed by atoms with Crippen molar-refractivity contribution in [1.82, 2.24) is 4.57 Å². The molecule has 1 aromatic carbocycles. The molecule has 0 radical (unpaired) electrons. The van der Waals surface area contributed by atoms with Gasteiger partial charge in [-0.25, -0.2) is 0 Å². The monoisotopic (exact) mass is 340 g/mol. The van der Waals surface area contributed by atoms with Crippen LogP contribution in [0.3, 0.4) is 0 Å². The molecule has 4 nitrogen and oxygen atoms in total. The minimum Gasteiger partial charge on any atom is -0.317 e. The molecule has 0 bridgehead atoms. The molecule has 25 heavy (non-hydrogen) atoms. The van der Waals surface area contributed by atoms with Crippen molar-refractivity contribution < 1.29 is 4.79 Å². The van der Waals surface area contributed by atoms with Gasteiger partial charge in [-0.3, -0.25) is 9.59 Å². The lowest BCUT2D eigenvalue weighted by molar-refractivity contribution is 0.102. The molecule has 0 spiro atoms. The van der Waals surface area contributed by atoms with Gasteiger partial charge in [-0.2, -0.15) is 0 Å². The van der Waals surface area contributed by atoms with Crippen molar-refractivity contribution in [1.29, 1.82) is 0 Å². The van der Waals surface area contributed by atoms with Crippen LogP contribution >= 0.6 is 0 Å². The van der Waals surface area contributed by atoms with Gasteiger partial charge in [0.15, 0.2) is 0 Å². The minimum absolute atomic E-state index is 0.132. The largest absolute Gasteiger partial charge is 0.317 e. The Labute approximate surface area is 149 Å². The first-order valence-corrected chi connectivity index (χ1v) is 8.86. The summed E-state index contributed by atoms with van der Waals surface area (Å²) in [5.41, 5.74) is 5.79. The smallest absolute Gasteiger partial charge is 0.274 e. The molecule has 134 valence electrons. The van der Waals surface area contributed by atoms with Gasteiger partial charge in [0.25, 0.3) is 11.5 Å². The summed E-state index contributed by atoms with van der Waals surface area (Å²) in [4.78, 5) is 25.6. The van der Waals surface area contributed by atoms with Crippen LogP contribution in [-0.4, -0.2) is 10.5 Å². The fourth-order valence-corrected chi connectivity index (χ4v) is 3.29. The van der Waals surface area contributed by atoms with Crippen LogP contribution in [0.5, 0.6) is 0 Å². The predicted octanol–water partition coefficient (Wildman–Crippen LogP) is 4.44. The molecule has 1 amide bonds. The molecule has 1 aromatic heterocycles. The molecule has 4 heteroatoms. The van der Waals surface area contributed by atoms with Gasteiger partial charge in [0.2, 0.25) is 0 Å². The number of pyridine rings is 1. The van der Waals surface area contributed by atoms with Crippen molar-refractivity contribution in [3.05, 3.63) is 62.1 Å². The number of aromatic nitrogens is 1. The minimum atomic E-state index is -0.225. The second-order valence-corrected chi connectivity index (χ2v) is 6.86. The molecule has 0 saturated carbocycles. The van der Waals surface area contributed by atoms with E-state index in [1.807, 2.05) is 46.8 Å². The first-order chi connectivity index (χ1) is 11.8. The number of amides is 1. The SMILES string of the molecule is CCCCn1c(C)c(C)cc(NC(=O)c2c(C)cc(C)cc2C)c1=O. The summed E-state index contributed by atoms with van der Waals surface area (Å²) < 4.78 is 1.77.